The molecule has 0 amide bonds. The van der Waals surface area contributed by atoms with Crippen molar-refractivity contribution in [2.45, 2.75) is 51.2 Å². The van der Waals surface area contributed by atoms with Crippen LogP contribution in [-0.2, 0) is 12.7 Å². The monoisotopic (exact) mass is 422 g/mol. The zero-order chi connectivity index (χ0) is 20.6. The number of nitrogens with zero attached hydrogens (tertiary/aromatic N) is 2. The van der Waals surface area contributed by atoms with Gasteiger partial charge in [-0.05, 0) is 24.5 Å². The second-order valence-corrected chi connectivity index (χ2v) is 8.39. The smallest absolute Gasteiger partial charge is 0.418 e. The van der Waals surface area contributed by atoms with Crippen LogP contribution in [0.4, 0.5) is 13.2 Å². The minimum absolute atomic E-state index is 0.0366. The first-order chi connectivity index (χ1) is 13.9. The molecule has 3 aromatic rings. The number of fused-ring (bicyclic) bond motifs is 1. The highest BCUT2D eigenvalue weighted by molar-refractivity contribution is 7.16. The first-order valence-corrected chi connectivity index (χ1v) is 10.6. The van der Waals surface area contributed by atoms with Gasteiger partial charge < -0.3 is 5.11 Å². The molecule has 1 aliphatic carbocycles. The summed E-state index contributed by atoms with van der Waals surface area (Å²) < 4.78 is 41.6. The lowest BCUT2D eigenvalue weighted by Gasteiger charge is -2.22. The predicted octanol–water partition coefficient (Wildman–Crippen LogP) is 5.82. The zero-order valence-electron chi connectivity index (χ0n) is 15.7. The quantitative estimate of drug-likeness (QED) is 0.576. The van der Waals surface area contributed by atoms with Crippen LogP contribution in [0.1, 0.15) is 44.1 Å². The largest absolute Gasteiger partial charge is 0.507 e. The molecule has 0 aliphatic heterocycles. The molecule has 4 nitrogen and oxygen atoms in total. The van der Waals surface area contributed by atoms with Gasteiger partial charge in [-0.15, -0.1) is 11.3 Å². The fourth-order valence-corrected chi connectivity index (χ4v) is 5.03. The fraction of sp³-hybridized carbons (Fsp3) is 0.429. The number of phenols is 1. The van der Waals surface area contributed by atoms with E-state index in [9.17, 15) is 23.1 Å². The van der Waals surface area contributed by atoms with Crippen molar-refractivity contribution in [1.82, 2.24) is 9.55 Å². The number of hydrogen-bond acceptors (Lipinski definition) is 4. The molecule has 154 valence electrons. The summed E-state index contributed by atoms with van der Waals surface area (Å²) in [5, 5.41) is 10.8. The third kappa shape index (κ3) is 3.90. The Morgan fingerprint density at radius 2 is 1.90 bits per heavy atom. The minimum Gasteiger partial charge on any atom is -0.507 e. The highest BCUT2D eigenvalue weighted by atomic mass is 32.1. The summed E-state index contributed by atoms with van der Waals surface area (Å²) in [6.07, 6.45) is 1.73. The van der Waals surface area contributed by atoms with Crippen molar-refractivity contribution in [3.05, 3.63) is 45.6 Å². The van der Waals surface area contributed by atoms with Crippen LogP contribution in [0, 0.1) is 5.92 Å². The average molecular weight is 422 g/mol. The number of benzene rings is 1. The van der Waals surface area contributed by atoms with Crippen LogP contribution in [0.15, 0.2) is 34.4 Å². The molecule has 0 bridgehead atoms. The summed E-state index contributed by atoms with van der Waals surface area (Å²) in [7, 11) is 0. The van der Waals surface area contributed by atoms with Gasteiger partial charge in [-0.2, -0.15) is 13.2 Å². The van der Waals surface area contributed by atoms with Gasteiger partial charge in [0.1, 0.15) is 16.4 Å². The van der Waals surface area contributed by atoms with E-state index in [1.165, 1.54) is 17.1 Å². The average Bonchev–Trinajstić information content (AvgIpc) is 3.13. The molecule has 1 fully saturated rings. The fourth-order valence-electron chi connectivity index (χ4n) is 4.10. The van der Waals surface area contributed by atoms with E-state index in [1.54, 1.807) is 18.2 Å². The zero-order valence-corrected chi connectivity index (χ0v) is 16.5. The summed E-state index contributed by atoms with van der Waals surface area (Å²) in [5.41, 5.74) is -1.29. The summed E-state index contributed by atoms with van der Waals surface area (Å²) in [6, 6.07) is 6.45. The molecule has 1 aliphatic rings. The normalized spacial score (nSPS) is 15.8. The number of aromatic hydroxyl groups is 1. The highest BCUT2D eigenvalue weighted by Crippen LogP contribution is 2.38. The van der Waals surface area contributed by atoms with Crippen LogP contribution in [0.3, 0.4) is 0 Å². The van der Waals surface area contributed by atoms with Gasteiger partial charge in [-0.25, -0.2) is 4.98 Å². The number of thiophene rings is 1. The molecule has 2 aromatic heterocycles. The van der Waals surface area contributed by atoms with Crippen LogP contribution in [0.25, 0.3) is 21.6 Å². The van der Waals surface area contributed by atoms with E-state index in [4.69, 9.17) is 0 Å². The topological polar surface area (TPSA) is 55.1 Å². The van der Waals surface area contributed by atoms with Gasteiger partial charge in [0.2, 0.25) is 0 Å². The molecule has 0 atom stereocenters. The van der Waals surface area contributed by atoms with Gasteiger partial charge in [0, 0.05) is 11.9 Å². The summed E-state index contributed by atoms with van der Waals surface area (Å²) in [5.74, 6) is 0.609. The summed E-state index contributed by atoms with van der Waals surface area (Å²) in [6.45, 7) is 0.281. The Labute approximate surface area is 169 Å². The number of para-hydroxylation sites is 1. The maximum atomic E-state index is 13.4. The Kier molecular flexibility index (Phi) is 5.38. The molecule has 0 saturated heterocycles. The lowest BCUT2D eigenvalue weighted by molar-refractivity contribution is -0.136. The van der Waals surface area contributed by atoms with Crippen LogP contribution < -0.4 is 5.56 Å². The molecule has 0 unspecified atom stereocenters. The van der Waals surface area contributed by atoms with Crippen LogP contribution in [-0.4, -0.2) is 14.7 Å². The third-order valence-corrected chi connectivity index (χ3v) is 6.50. The van der Waals surface area contributed by atoms with Crippen LogP contribution >= 0.6 is 11.3 Å². The van der Waals surface area contributed by atoms with E-state index in [0.717, 1.165) is 42.4 Å². The summed E-state index contributed by atoms with van der Waals surface area (Å²) >= 11 is 0.798. The maximum absolute atomic E-state index is 13.4. The molecule has 4 rings (SSSR count). The Morgan fingerprint density at radius 1 is 1.17 bits per heavy atom. The predicted molar refractivity (Wildman–Crippen MR) is 107 cm³/mol. The Morgan fingerprint density at radius 3 is 2.59 bits per heavy atom. The number of phenolic OH excluding ortho intramolecular Hbond substituents is 1. The second-order valence-electron chi connectivity index (χ2n) is 7.53. The van der Waals surface area contributed by atoms with E-state index < -0.39 is 17.3 Å². The number of alkyl halides is 3. The van der Waals surface area contributed by atoms with Crippen molar-refractivity contribution >= 4 is 21.6 Å². The van der Waals surface area contributed by atoms with Crippen molar-refractivity contribution < 1.29 is 18.3 Å². The molecular formula is C21H21F3N2O2S. The maximum Gasteiger partial charge on any atom is 0.418 e. The van der Waals surface area contributed by atoms with Gasteiger partial charge in [0.15, 0.2) is 0 Å². The van der Waals surface area contributed by atoms with Crippen molar-refractivity contribution in [3.63, 3.8) is 0 Å². The molecular weight excluding hydrogens is 401 g/mol. The minimum atomic E-state index is -4.61. The molecule has 1 aromatic carbocycles. The number of hydrogen-bond donors (Lipinski definition) is 1. The number of rotatable bonds is 4. The molecule has 8 heteroatoms. The molecule has 29 heavy (non-hydrogen) atoms. The van der Waals surface area contributed by atoms with Crippen molar-refractivity contribution in [2.75, 3.05) is 0 Å². The van der Waals surface area contributed by atoms with E-state index >= 15 is 0 Å². The first-order valence-electron chi connectivity index (χ1n) is 9.74. The third-order valence-electron chi connectivity index (χ3n) is 5.63. The van der Waals surface area contributed by atoms with Gasteiger partial charge in [-0.1, -0.05) is 44.2 Å². The van der Waals surface area contributed by atoms with Crippen LogP contribution in [0.5, 0.6) is 5.75 Å². The molecule has 1 saturated carbocycles. The molecule has 1 N–H and O–H groups in total. The van der Waals surface area contributed by atoms with Gasteiger partial charge in [0.25, 0.3) is 5.56 Å². The van der Waals surface area contributed by atoms with Crippen molar-refractivity contribution in [3.8, 4) is 17.1 Å². The molecule has 2 heterocycles. The van der Waals surface area contributed by atoms with E-state index in [-0.39, 0.29) is 28.3 Å². The van der Waals surface area contributed by atoms with Crippen molar-refractivity contribution in [1.29, 1.82) is 0 Å². The van der Waals surface area contributed by atoms with Gasteiger partial charge in [-0.3, -0.25) is 9.36 Å². The SMILES string of the molecule is O=c1c2c(C(F)(F)F)csc2nc(-c2ccccc2O)n1CCC1CCCCC1. The van der Waals surface area contributed by atoms with E-state index in [1.807, 2.05) is 0 Å². The summed E-state index contributed by atoms with van der Waals surface area (Å²) in [4.78, 5) is 17.6. The number of aromatic nitrogens is 2. The lowest BCUT2D eigenvalue weighted by atomic mass is 9.87. The second kappa shape index (κ2) is 7.82. The van der Waals surface area contributed by atoms with E-state index in [0.29, 0.717) is 17.9 Å². The Hall–Kier alpha value is -2.35. The first kappa shape index (κ1) is 19.9. The Bertz CT molecular complexity index is 1080. The number of halogens is 3. The van der Waals surface area contributed by atoms with Gasteiger partial charge in [0.05, 0.1) is 16.5 Å². The highest BCUT2D eigenvalue weighted by Gasteiger charge is 2.36. The van der Waals surface area contributed by atoms with E-state index in [2.05, 4.69) is 4.98 Å². The molecule has 0 spiro atoms. The van der Waals surface area contributed by atoms with Crippen molar-refractivity contribution in [2.24, 2.45) is 5.92 Å². The van der Waals surface area contributed by atoms with Crippen LogP contribution in [0.2, 0.25) is 0 Å². The lowest BCUT2D eigenvalue weighted by Crippen LogP contribution is -2.26. The van der Waals surface area contributed by atoms with Gasteiger partial charge >= 0.3 is 6.18 Å². The standard InChI is InChI=1S/C21H21F3N2O2S/c22-21(23,24)15-12-29-19-17(15)20(28)26(11-10-13-6-2-1-3-7-13)18(25-19)14-8-4-5-9-16(14)27/h4-5,8-9,12-13,27H,1-3,6-7,10-11H2. The molecule has 0 radical (unpaired) electrons. The Balaban J connectivity index is 1.86.